The fourth-order valence-electron chi connectivity index (χ4n) is 1.91. The van der Waals surface area contributed by atoms with Crippen LogP contribution in [0.1, 0.15) is 11.3 Å². The maximum absolute atomic E-state index is 5.81. The van der Waals surface area contributed by atoms with Crippen molar-refractivity contribution in [2.45, 2.75) is 19.6 Å². The first-order chi connectivity index (χ1) is 7.79. The molecule has 1 aliphatic heterocycles. The minimum absolute atomic E-state index is 0.166. The molecule has 1 aromatic heterocycles. The normalized spacial score (nSPS) is 22.2. The summed E-state index contributed by atoms with van der Waals surface area (Å²) in [5.41, 5.74) is 2.40. The summed E-state index contributed by atoms with van der Waals surface area (Å²) in [6, 6.07) is 4.07. The summed E-state index contributed by atoms with van der Waals surface area (Å²) < 4.78 is 5.53. The molecule has 0 aromatic carbocycles. The second-order valence-electron chi connectivity index (χ2n) is 4.15. The van der Waals surface area contributed by atoms with E-state index in [4.69, 9.17) is 16.3 Å². The Hall–Kier alpha value is -0.640. The van der Waals surface area contributed by atoms with Crippen molar-refractivity contribution in [2.75, 3.05) is 25.6 Å². The van der Waals surface area contributed by atoms with Crippen LogP contribution in [0.5, 0.6) is 0 Å². The van der Waals surface area contributed by atoms with E-state index in [1.54, 1.807) is 0 Å². The topological polar surface area (TPSA) is 25.4 Å². The number of hydrogen-bond donors (Lipinski definition) is 0. The molecule has 1 fully saturated rings. The van der Waals surface area contributed by atoms with Gasteiger partial charge in [0.15, 0.2) is 0 Å². The van der Waals surface area contributed by atoms with Crippen LogP contribution in [0.4, 0.5) is 0 Å². The summed E-state index contributed by atoms with van der Waals surface area (Å²) in [6.45, 7) is 5.62. The molecule has 1 atom stereocenters. The van der Waals surface area contributed by atoms with E-state index >= 15 is 0 Å². The Labute approximate surface area is 101 Å². The van der Waals surface area contributed by atoms with E-state index in [1.807, 2.05) is 12.3 Å². The molecule has 0 radical (unpaired) electrons. The number of alkyl halides is 1. The van der Waals surface area contributed by atoms with Gasteiger partial charge in [0.25, 0.3) is 0 Å². The van der Waals surface area contributed by atoms with Crippen molar-refractivity contribution in [2.24, 2.45) is 0 Å². The maximum Gasteiger partial charge on any atom is 0.0837 e. The lowest BCUT2D eigenvalue weighted by molar-refractivity contribution is -0.0198. The number of hydrogen-bond acceptors (Lipinski definition) is 3. The molecule has 0 saturated carbocycles. The van der Waals surface area contributed by atoms with E-state index in [0.717, 1.165) is 31.9 Å². The minimum atomic E-state index is 0.166. The third kappa shape index (κ3) is 2.94. The van der Waals surface area contributed by atoms with Gasteiger partial charge in [-0.2, -0.15) is 0 Å². The molecule has 0 aliphatic carbocycles. The Balaban J connectivity index is 1.97. The second kappa shape index (κ2) is 5.62. The summed E-state index contributed by atoms with van der Waals surface area (Å²) in [5, 5.41) is 0. The molecule has 1 unspecified atom stereocenters. The largest absolute Gasteiger partial charge is 0.374 e. The van der Waals surface area contributed by atoms with E-state index in [2.05, 4.69) is 22.9 Å². The molecule has 0 amide bonds. The van der Waals surface area contributed by atoms with E-state index < -0.39 is 0 Å². The minimum Gasteiger partial charge on any atom is -0.374 e. The Morgan fingerprint density at radius 2 is 2.50 bits per heavy atom. The SMILES string of the molecule is Cc1cccnc1CN1CCOC(CCl)C1. The van der Waals surface area contributed by atoms with Crippen LogP contribution in [-0.2, 0) is 11.3 Å². The summed E-state index contributed by atoms with van der Waals surface area (Å²) in [7, 11) is 0. The first kappa shape index (κ1) is 11.8. The van der Waals surface area contributed by atoms with Gasteiger partial charge in [0.1, 0.15) is 0 Å². The van der Waals surface area contributed by atoms with Crippen LogP contribution in [0.3, 0.4) is 0 Å². The molecule has 0 bridgehead atoms. The quantitative estimate of drug-likeness (QED) is 0.754. The van der Waals surface area contributed by atoms with Gasteiger partial charge in [-0.3, -0.25) is 9.88 Å². The van der Waals surface area contributed by atoms with E-state index in [0.29, 0.717) is 5.88 Å². The number of pyridine rings is 1. The molecule has 1 saturated heterocycles. The zero-order valence-corrected chi connectivity index (χ0v) is 10.3. The van der Waals surface area contributed by atoms with E-state index in [1.165, 1.54) is 5.56 Å². The molecule has 88 valence electrons. The van der Waals surface area contributed by atoms with Gasteiger partial charge in [-0.1, -0.05) is 6.07 Å². The predicted molar refractivity (Wildman–Crippen MR) is 64.7 cm³/mol. The van der Waals surface area contributed by atoms with Gasteiger partial charge in [-0.15, -0.1) is 11.6 Å². The molecule has 0 N–H and O–H groups in total. The fourth-order valence-corrected chi connectivity index (χ4v) is 2.10. The average Bonchev–Trinajstić information content (AvgIpc) is 2.32. The molecule has 0 spiro atoms. The number of ether oxygens (including phenoxy) is 1. The molecule has 4 heteroatoms. The zero-order valence-electron chi connectivity index (χ0n) is 9.53. The van der Waals surface area contributed by atoms with Gasteiger partial charge in [0, 0.05) is 31.7 Å². The number of aromatic nitrogens is 1. The molecule has 3 nitrogen and oxygen atoms in total. The third-order valence-electron chi connectivity index (χ3n) is 2.89. The highest BCUT2D eigenvalue weighted by atomic mass is 35.5. The molecule has 16 heavy (non-hydrogen) atoms. The number of halogens is 1. The van der Waals surface area contributed by atoms with Crippen molar-refractivity contribution in [1.29, 1.82) is 0 Å². The van der Waals surface area contributed by atoms with Gasteiger partial charge in [-0.05, 0) is 18.6 Å². The summed E-state index contributed by atoms with van der Waals surface area (Å²) >= 11 is 5.81. The highest BCUT2D eigenvalue weighted by molar-refractivity contribution is 6.18. The molecule has 2 rings (SSSR count). The Morgan fingerprint density at radius 3 is 3.25 bits per heavy atom. The van der Waals surface area contributed by atoms with Crippen LogP contribution < -0.4 is 0 Å². The van der Waals surface area contributed by atoms with E-state index in [9.17, 15) is 0 Å². The molecule has 1 aromatic rings. The highest BCUT2D eigenvalue weighted by Crippen LogP contribution is 2.12. The lowest BCUT2D eigenvalue weighted by Crippen LogP contribution is -2.42. The smallest absolute Gasteiger partial charge is 0.0837 e. The van der Waals surface area contributed by atoms with Gasteiger partial charge >= 0.3 is 0 Å². The molecule has 2 heterocycles. The maximum atomic E-state index is 5.81. The first-order valence-electron chi connectivity index (χ1n) is 5.60. The van der Waals surface area contributed by atoms with Crippen LogP contribution in [0.2, 0.25) is 0 Å². The van der Waals surface area contributed by atoms with Gasteiger partial charge in [0.05, 0.1) is 18.4 Å². The van der Waals surface area contributed by atoms with Crippen LogP contribution in [0.25, 0.3) is 0 Å². The van der Waals surface area contributed by atoms with Crippen molar-refractivity contribution >= 4 is 11.6 Å². The number of morpholine rings is 1. The first-order valence-corrected chi connectivity index (χ1v) is 6.13. The monoisotopic (exact) mass is 240 g/mol. The van der Waals surface area contributed by atoms with Crippen molar-refractivity contribution in [1.82, 2.24) is 9.88 Å². The molecule has 1 aliphatic rings. The molecular weight excluding hydrogens is 224 g/mol. The second-order valence-corrected chi connectivity index (χ2v) is 4.46. The number of nitrogens with zero attached hydrogens (tertiary/aromatic N) is 2. The lowest BCUT2D eigenvalue weighted by atomic mass is 10.2. The highest BCUT2D eigenvalue weighted by Gasteiger charge is 2.20. The van der Waals surface area contributed by atoms with Crippen molar-refractivity contribution in [3.63, 3.8) is 0 Å². The van der Waals surface area contributed by atoms with Gasteiger partial charge in [-0.25, -0.2) is 0 Å². The summed E-state index contributed by atoms with van der Waals surface area (Å²) in [6.07, 6.45) is 2.02. The fraction of sp³-hybridized carbons (Fsp3) is 0.583. The van der Waals surface area contributed by atoms with Crippen molar-refractivity contribution in [3.8, 4) is 0 Å². The standard InChI is InChI=1S/C12H17ClN2O/c1-10-3-2-4-14-12(10)9-15-5-6-16-11(7-13)8-15/h2-4,11H,5-9H2,1H3. The summed E-state index contributed by atoms with van der Waals surface area (Å²) in [4.78, 5) is 6.76. The van der Waals surface area contributed by atoms with E-state index in [-0.39, 0.29) is 6.10 Å². The predicted octanol–water partition coefficient (Wildman–Crippen LogP) is 1.83. The zero-order chi connectivity index (χ0) is 11.4. The number of aryl methyl sites for hydroxylation is 1. The third-order valence-corrected chi connectivity index (χ3v) is 3.23. The number of rotatable bonds is 3. The van der Waals surface area contributed by atoms with Crippen LogP contribution >= 0.6 is 11.6 Å². The Kier molecular flexibility index (Phi) is 4.16. The van der Waals surface area contributed by atoms with Crippen molar-refractivity contribution < 1.29 is 4.74 Å². The summed E-state index contributed by atoms with van der Waals surface area (Å²) in [5.74, 6) is 0.567. The van der Waals surface area contributed by atoms with Gasteiger partial charge < -0.3 is 4.74 Å². The lowest BCUT2D eigenvalue weighted by Gasteiger charge is -2.31. The van der Waals surface area contributed by atoms with Gasteiger partial charge in [0.2, 0.25) is 0 Å². The molecular formula is C12H17ClN2O. The Bertz CT molecular complexity index is 346. The van der Waals surface area contributed by atoms with Crippen LogP contribution in [-0.4, -0.2) is 41.6 Å². The Morgan fingerprint density at radius 1 is 1.62 bits per heavy atom. The van der Waals surface area contributed by atoms with Crippen molar-refractivity contribution in [3.05, 3.63) is 29.6 Å². The van der Waals surface area contributed by atoms with Crippen LogP contribution in [0.15, 0.2) is 18.3 Å². The van der Waals surface area contributed by atoms with Crippen LogP contribution in [0, 0.1) is 6.92 Å². The average molecular weight is 241 g/mol.